The second-order valence-corrected chi connectivity index (χ2v) is 9.30. The Labute approximate surface area is 176 Å². The fourth-order valence-corrected chi connectivity index (χ4v) is 4.34. The molecule has 1 aromatic rings. The van der Waals surface area contributed by atoms with Gasteiger partial charge in [-0.3, -0.25) is 9.59 Å². The molecular weight excluding hydrogens is 399 g/mol. The number of likely N-dealkylation sites (tertiary alicyclic amines) is 1. The summed E-state index contributed by atoms with van der Waals surface area (Å²) in [6, 6.07) is 4.84. The SMILES string of the molecule is CC(C)[C@H](O)C1(CNC(=O)[C@H]2CCCN(C(=O)c3ccc(Cl)c(Cl)c3)C2)CC1. The van der Waals surface area contributed by atoms with Gasteiger partial charge in [-0.25, -0.2) is 0 Å². The number of nitrogens with one attached hydrogen (secondary N) is 1. The summed E-state index contributed by atoms with van der Waals surface area (Å²) in [7, 11) is 0. The number of carbonyl (C=O) groups excluding carboxylic acids is 2. The zero-order chi connectivity index (χ0) is 20.5. The zero-order valence-electron chi connectivity index (χ0n) is 16.4. The molecule has 1 aromatic carbocycles. The molecule has 2 aliphatic rings. The van der Waals surface area contributed by atoms with Crippen molar-refractivity contribution in [3.63, 3.8) is 0 Å². The fraction of sp³-hybridized carbons (Fsp3) is 0.619. The molecule has 0 radical (unpaired) electrons. The van der Waals surface area contributed by atoms with Crippen molar-refractivity contribution in [1.82, 2.24) is 10.2 Å². The molecule has 1 heterocycles. The van der Waals surface area contributed by atoms with E-state index in [1.165, 1.54) is 0 Å². The molecule has 2 N–H and O–H groups in total. The van der Waals surface area contributed by atoms with Crippen molar-refractivity contribution in [3.8, 4) is 0 Å². The maximum atomic E-state index is 12.8. The number of aliphatic hydroxyl groups excluding tert-OH is 1. The molecule has 2 atom stereocenters. The van der Waals surface area contributed by atoms with Gasteiger partial charge in [0.25, 0.3) is 5.91 Å². The summed E-state index contributed by atoms with van der Waals surface area (Å²) in [6.45, 7) is 5.52. The van der Waals surface area contributed by atoms with Crippen molar-refractivity contribution < 1.29 is 14.7 Å². The van der Waals surface area contributed by atoms with Crippen LogP contribution in [0.15, 0.2) is 18.2 Å². The lowest BCUT2D eigenvalue weighted by Gasteiger charge is -2.33. The van der Waals surface area contributed by atoms with Crippen LogP contribution in [0.25, 0.3) is 0 Å². The smallest absolute Gasteiger partial charge is 0.253 e. The van der Waals surface area contributed by atoms with Gasteiger partial charge in [-0.1, -0.05) is 37.0 Å². The van der Waals surface area contributed by atoms with Crippen molar-refractivity contribution in [2.45, 2.75) is 45.6 Å². The first-order valence-corrected chi connectivity index (χ1v) is 10.7. The number of nitrogens with zero attached hydrogens (tertiary/aromatic N) is 1. The highest BCUT2D eigenvalue weighted by molar-refractivity contribution is 6.42. The molecule has 1 aliphatic heterocycles. The predicted molar refractivity (Wildman–Crippen MR) is 111 cm³/mol. The van der Waals surface area contributed by atoms with Crippen LogP contribution in [-0.2, 0) is 4.79 Å². The second kappa shape index (κ2) is 8.60. The molecule has 3 rings (SSSR count). The third kappa shape index (κ3) is 4.64. The predicted octanol–water partition coefficient (Wildman–Crippen LogP) is 3.76. The molecule has 0 bridgehead atoms. The van der Waals surface area contributed by atoms with Crippen molar-refractivity contribution in [2.24, 2.45) is 17.3 Å². The lowest BCUT2D eigenvalue weighted by atomic mass is 9.89. The van der Waals surface area contributed by atoms with E-state index in [1.54, 1.807) is 23.1 Å². The third-order valence-electron chi connectivity index (χ3n) is 6.01. The van der Waals surface area contributed by atoms with E-state index in [-0.39, 0.29) is 29.1 Å². The Hall–Kier alpha value is -1.30. The normalized spacial score (nSPS) is 22.1. The van der Waals surface area contributed by atoms with Gasteiger partial charge in [0.1, 0.15) is 0 Å². The number of carbonyl (C=O) groups is 2. The van der Waals surface area contributed by atoms with Gasteiger partial charge in [-0.15, -0.1) is 0 Å². The van der Waals surface area contributed by atoms with Crippen LogP contribution in [0.1, 0.15) is 49.9 Å². The molecule has 0 aromatic heterocycles. The van der Waals surface area contributed by atoms with E-state index in [4.69, 9.17) is 23.2 Å². The van der Waals surface area contributed by atoms with Gasteiger partial charge in [0.2, 0.25) is 5.91 Å². The Morgan fingerprint density at radius 3 is 2.61 bits per heavy atom. The minimum Gasteiger partial charge on any atom is -0.392 e. The van der Waals surface area contributed by atoms with E-state index >= 15 is 0 Å². The van der Waals surface area contributed by atoms with Gasteiger partial charge in [0.05, 0.1) is 22.1 Å². The molecule has 5 nitrogen and oxygen atoms in total. The van der Waals surface area contributed by atoms with Crippen molar-refractivity contribution in [2.75, 3.05) is 19.6 Å². The Morgan fingerprint density at radius 2 is 2.00 bits per heavy atom. The summed E-state index contributed by atoms with van der Waals surface area (Å²) in [5.41, 5.74) is 0.307. The molecular formula is C21H28Cl2N2O3. The summed E-state index contributed by atoms with van der Waals surface area (Å²) in [4.78, 5) is 27.2. The van der Waals surface area contributed by atoms with Crippen molar-refractivity contribution >= 4 is 35.0 Å². The van der Waals surface area contributed by atoms with Crippen LogP contribution in [0, 0.1) is 17.3 Å². The Kier molecular flexibility index (Phi) is 6.58. The summed E-state index contributed by atoms with van der Waals surface area (Å²) in [5, 5.41) is 14.2. The zero-order valence-corrected chi connectivity index (χ0v) is 17.9. The summed E-state index contributed by atoms with van der Waals surface area (Å²) >= 11 is 12.0. The average Bonchev–Trinajstić information content (AvgIpc) is 3.48. The molecule has 1 saturated carbocycles. The van der Waals surface area contributed by atoms with E-state index in [0.29, 0.717) is 35.2 Å². The van der Waals surface area contributed by atoms with Crippen LogP contribution in [0.2, 0.25) is 10.0 Å². The second-order valence-electron chi connectivity index (χ2n) is 8.49. The van der Waals surface area contributed by atoms with Crippen molar-refractivity contribution in [1.29, 1.82) is 0 Å². The van der Waals surface area contributed by atoms with E-state index in [9.17, 15) is 14.7 Å². The van der Waals surface area contributed by atoms with Gasteiger partial charge in [-0.05, 0) is 49.8 Å². The van der Waals surface area contributed by atoms with Crippen LogP contribution in [0.5, 0.6) is 0 Å². The molecule has 0 spiro atoms. The minimum atomic E-state index is -0.396. The fourth-order valence-electron chi connectivity index (χ4n) is 4.04. The van der Waals surface area contributed by atoms with Gasteiger partial charge in [0.15, 0.2) is 0 Å². The van der Waals surface area contributed by atoms with Crippen LogP contribution in [0.3, 0.4) is 0 Å². The standard InChI is InChI=1S/C21H28Cl2N2O3/c1-13(2)18(26)21(7-8-21)12-24-19(27)15-4-3-9-25(11-15)20(28)14-5-6-16(22)17(23)10-14/h5-6,10,13,15,18,26H,3-4,7-9,11-12H2,1-2H3,(H,24,27)/t15-,18-/m0/s1. The topological polar surface area (TPSA) is 69.6 Å². The highest BCUT2D eigenvalue weighted by atomic mass is 35.5. The lowest BCUT2D eigenvalue weighted by Crippen LogP contribution is -2.47. The average molecular weight is 427 g/mol. The molecule has 1 saturated heterocycles. The number of benzene rings is 1. The minimum absolute atomic E-state index is 0.0335. The van der Waals surface area contributed by atoms with Gasteiger partial charge >= 0.3 is 0 Å². The number of halogens is 2. The molecule has 154 valence electrons. The quantitative estimate of drug-likeness (QED) is 0.727. The molecule has 28 heavy (non-hydrogen) atoms. The number of aliphatic hydroxyl groups is 1. The highest BCUT2D eigenvalue weighted by Crippen LogP contribution is 2.50. The van der Waals surface area contributed by atoms with Crippen LogP contribution in [-0.4, -0.2) is 47.6 Å². The molecule has 2 amide bonds. The monoisotopic (exact) mass is 426 g/mol. The molecule has 0 unspecified atom stereocenters. The van der Waals surface area contributed by atoms with E-state index in [0.717, 1.165) is 25.7 Å². The molecule has 7 heteroatoms. The first-order chi connectivity index (χ1) is 13.2. The van der Waals surface area contributed by atoms with Crippen LogP contribution < -0.4 is 5.32 Å². The van der Waals surface area contributed by atoms with Crippen molar-refractivity contribution in [3.05, 3.63) is 33.8 Å². The summed E-state index contributed by atoms with van der Waals surface area (Å²) in [6.07, 6.45) is 3.03. The third-order valence-corrected chi connectivity index (χ3v) is 6.75. The number of amides is 2. The molecule has 2 fully saturated rings. The lowest BCUT2D eigenvalue weighted by molar-refractivity contribution is -0.126. The maximum Gasteiger partial charge on any atom is 0.253 e. The Morgan fingerprint density at radius 1 is 1.29 bits per heavy atom. The Bertz CT molecular complexity index is 749. The number of hydrogen-bond acceptors (Lipinski definition) is 3. The summed E-state index contributed by atoms with van der Waals surface area (Å²) < 4.78 is 0. The number of rotatable bonds is 6. The Balaban J connectivity index is 1.57. The molecule has 1 aliphatic carbocycles. The van der Waals surface area contributed by atoms with E-state index in [1.807, 2.05) is 13.8 Å². The van der Waals surface area contributed by atoms with Crippen LogP contribution >= 0.6 is 23.2 Å². The van der Waals surface area contributed by atoms with E-state index < -0.39 is 6.10 Å². The van der Waals surface area contributed by atoms with Gasteiger partial charge in [0, 0.05) is 30.6 Å². The van der Waals surface area contributed by atoms with E-state index in [2.05, 4.69) is 5.32 Å². The van der Waals surface area contributed by atoms with Gasteiger partial charge < -0.3 is 15.3 Å². The maximum absolute atomic E-state index is 12.8. The largest absolute Gasteiger partial charge is 0.392 e. The first-order valence-electron chi connectivity index (χ1n) is 9.93. The number of piperidine rings is 1. The van der Waals surface area contributed by atoms with Gasteiger partial charge in [-0.2, -0.15) is 0 Å². The summed E-state index contributed by atoms with van der Waals surface area (Å²) in [5.74, 6) is -0.223. The van der Waals surface area contributed by atoms with Crippen LogP contribution in [0.4, 0.5) is 0 Å². The first kappa shape index (κ1) is 21.4. The highest BCUT2D eigenvalue weighted by Gasteiger charge is 2.50. The number of hydrogen-bond donors (Lipinski definition) is 2.